The first-order valence-electron chi connectivity index (χ1n) is 6.37. The molecular formula is C11H28O9S. The molecule has 0 aromatic carbocycles. The zero-order valence-electron chi connectivity index (χ0n) is 12.9. The summed E-state index contributed by atoms with van der Waals surface area (Å²) in [6.07, 6.45) is 0. The van der Waals surface area contributed by atoms with Gasteiger partial charge in [-0.05, 0) is 13.8 Å². The van der Waals surface area contributed by atoms with Gasteiger partial charge in [0.2, 0.25) is 0 Å². The standard InChI is InChI=1S/C6H14O4.C4H10O.CH4O4S/c7-1-3-9-5-6-10-4-2-8;1-3-5-4-2;1-5-6(2,3)4/h7-8H,1-6H2;3-4H2,1-2H3;1H3,(H,2,3,4). The summed E-state index contributed by atoms with van der Waals surface area (Å²) in [7, 11) is -3.29. The molecule has 0 fully saturated rings. The third kappa shape index (κ3) is 45.1. The van der Waals surface area contributed by atoms with Crippen LogP contribution in [-0.2, 0) is 28.8 Å². The Morgan fingerprint density at radius 3 is 1.29 bits per heavy atom. The van der Waals surface area contributed by atoms with E-state index in [0.29, 0.717) is 26.4 Å². The lowest BCUT2D eigenvalue weighted by Crippen LogP contribution is -2.09. The summed E-state index contributed by atoms with van der Waals surface area (Å²) in [6, 6.07) is 0. The molecule has 0 heterocycles. The topological polar surface area (TPSA) is 132 Å². The molecule has 0 aliphatic heterocycles. The van der Waals surface area contributed by atoms with E-state index in [2.05, 4.69) is 4.18 Å². The minimum Gasteiger partial charge on any atom is -0.394 e. The molecule has 0 rings (SSSR count). The molecule has 132 valence electrons. The first-order chi connectivity index (χ1) is 9.89. The normalized spacial score (nSPS) is 10.2. The van der Waals surface area contributed by atoms with E-state index in [9.17, 15) is 8.42 Å². The van der Waals surface area contributed by atoms with Crippen LogP contribution in [0.2, 0.25) is 0 Å². The van der Waals surface area contributed by atoms with Crippen LogP contribution in [-0.4, -0.2) is 83.1 Å². The monoisotopic (exact) mass is 336 g/mol. The van der Waals surface area contributed by atoms with Crippen molar-refractivity contribution in [3.63, 3.8) is 0 Å². The summed E-state index contributed by atoms with van der Waals surface area (Å²) >= 11 is 0. The molecule has 0 radical (unpaired) electrons. The largest absolute Gasteiger partial charge is 0.397 e. The SMILES string of the molecule is CCOCC.COS(=O)(=O)O.OCCOCCOCCO. The van der Waals surface area contributed by atoms with Gasteiger partial charge in [0.1, 0.15) is 0 Å². The zero-order chi connectivity index (χ0) is 17.0. The molecule has 0 bridgehead atoms. The van der Waals surface area contributed by atoms with Gasteiger partial charge in [0.15, 0.2) is 0 Å². The fourth-order valence-corrected chi connectivity index (χ4v) is 0.655. The van der Waals surface area contributed by atoms with Gasteiger partial charge in [-0.1, -0.05) is 0 Å². The van der Waals surface area contributed by atoms with Gasteiger partial charge < -0.3 is 24.4 Å². The summed E-state index contributed by atoms with van der Waals surface area (Å²) < 4.78 is 44.3. The van der Waals surface area contributed by atoms with Crippen LogP contribution in [0.4, 0.5) is 0 Å². The van der Waals surface area contributed by atoms with Crippen LogP contribution in [0, 0.1) is 0 Å². The Labute approximate surface area is 126 Å². The van der Waals surface area contributed by atoms with E-state index in [1.54, 1.807) is 0 Å². The van der Waals surface area contributed by atoms with Gasteiger partial charge in [-0.3, -0.25) is 8.74 Å². The van der Waals surface area contributed by atoms with Crippen molar-refractivity contribution in [2.75, 3.05) is 60.0 Å². The van der Waals surface area contributed by atoms with Crippen LogP contribution >= 0.6 is 0 Å². The fraction of sp³-hybridized carbons (Fsp3) is 1.00. The summed E-state index contributed by atoms with van der Waals surface area (Å²) in [5.74, 6) is 0. The Hall–Kier alpha value is -0.330. The third-order valence-corrected chi connectivity index (χ3v) is 1.88. The van der Waals surface area contributed by atoms with Crippen molar-refractivity contribution in [1.29, 1.82) is 0 Å². The van der Waals surface area contributed by atoms with Crippen molar-refractivity contribution in [1.82, 2.24) is 0 Å². The second kappa shape index (κ2) is 22.0. The number of hydrogen-bond donors (Lipinski definition) is 3. The van der Waals surface area contributed by atoms with Gasteiger partial charge in [-0.25, -0.2) is 0 Å². The number of aliphatic hydroxyl groups is 2. The first kappa shape index (κ1) is 25.6. The number of hydrogen-bond acceptors (Lipinski definition) is 8. The molecule has 0 saturated carbocycles. The van der Waals surface area contributed by atoms with Crippen LogP contribution in [0.25, 0.3) is 0 Å². The van der Waals surface area contributed by atoms with Crippen LogP contribution in [0.3, 0.4) is 0 Å². The highest BCUT2D eigenvalue weighted by Gasteiger charge is 1.94. The molecule has 0 spiro atoms. The van der Waals surface area contributed by atoms with Gasteiger partial charge in [-0.2, -0.15) is 8.42 Å². The Morgan fingerprint density at radius 2 is 1.14 bits per heavy atom. The summed E-state index contributed by atoms with van der Waals surface area (Å²) in [6.45, 7) is 7.39. The molecule has 0 aromatic rings. The Balaban J connectivity index is -0.000000252. The van der Waals surface area contributed by atoms with Gasteiger partial charge in [0.25, 0.3) is 0 Å². The second-order valence-corrected chi connectivity index (χ2v) is 4.24. The molecule has 0 aliphatic rings. The molecule has 0 aliphatic carbocycles. The maximum atomic E-state index is 9.33. The minimum atomic E-state index is -4.16. The fourth-order valence-electron chi connectivity index (χ4n) is 0.655. The van der Waals surface area contributed by atoms with Crippen LogP contribution in [0.1, 0.15) is 13.8 Å². The molecule has 0 amide bonds. The quantitative estimate of drug-likeness (QED) is 0.356. The highest BCUT2D eigenvalue weighted by Crippen LogP contribution is 1.76. The molecule has 10 heteroatoms. The molecule has 21 heavy (non-hydrogen) atoms. The molecule has 0 atom stereocenters. The van der Waals surface area contributed by atoms with Crippen molar-refractivity contribution in [3.05, 3.63) is 0 Å². The predicted molar refractivity (Wildman–Crippen MR) is 76.5 cm³/mol. The van der Waals surface area contributed by atoms with Crippen molar-refractivity contribution in [3.8, 4) is 0 Å². The summed E-state index contributed by atoms with van der Waals surface area (Å²) in [5.41, 5.74) is 0. The molecule has 0 aromatic heterocycles. The van der Waals surface area contributed by atoms with Gasteiger partial charge in [-0.15, -0.1) is 0 Å². The lowest BCUT2D eigenvalue weighted by atomic mass is 10.7. The van der Waals surface area contributed by atoms with E-state index in [1.807, 2.05) is 13.8 Å². The van der Waals surface area contributed by atoms with Crippen molar-refractivity contribution >= 4 is 10.4 Å². The van der Waals surface area contributed by atoms with E-state index in [-0.39, 0.29) is 13.2 Å². The van der Waals surface area contributed by atoms with Crippen molar-refractivity contribution in [2.24, 2.45) is 0 Å². The van der Waals surface area contributed by atoms with Crippen molar-refractivity contribution < 1.29 is 41.6 Å². The van der Waals surface area contributed by atoms with E-state index < -0.39 is 10.4 Å². The summed E-state index contributed by atoms with van der Waals surface area (Å²) in [4.78, 5) is 0. The lowest BCUT2D eigenvalue weighted by molar-refractivity contribution is 0.0222. The number of rotatable bonds is 10. The highest BCUT2D eigenvalue weighted by molar-refractivity contribution is 7.80. The predicted octanol–water partition coefficient (Wildman–Crippen LogP) is -0.517. The molecule has 0 unspecified atom stereocenters. The van der Waals surface area contributed by atoms with Crippen LogP contribution in [0.5, 0.6) is 0 Å². The molecule has 3 N–H and O–H groups in total. The zero-order valence-corrected chi connectivity index (χ0v) is 13.7. The Kier molecular flexibility index (Phi) is 26.8. The molecular weight excluding hydrogens is 308 g/mol. The Bertz CT molecular complexity index is 246. The lowest BCUT2D eigenvalue weighted by Gasteiger charge is -2.01. The number of aliphatic hydroxyl groups excluding tert-OH is 2. The van der Waals surface area contributed by atoms with E-state index in [4.69, 9.17) is 29.0 Å². The Morgan fingerprint density at radius 1 is 0.810 bits per heavy atom. The van der Waals surface area contributed by atoms with Crippen molar-refractivity contribution in [2.45, 2.75) is 13.8 Å². The van der Waals surface area contributed by atoms with Crippen LogP contribution < -0.4 is 0 Å². The second-order valence-electron chi connectivity index (χ2n) is 3.05. The van der Waals surface area contributed by atoms with E-state index in [1.165, 1.54) is 0 Å². The van der Waals surface area contributed by atoms with Gasteiger partial charge in [0, 0.05) is 13.2 Å². The van der Waals surface area contributed by atoms with E-state index >= 15 is 0 Å². The average Bonchev–Trinajstić information content (AvgIpc) is 2.44. The smallest absolute Gasteiger partial charge is 0.394 e. The van der Waals surface area contributed by atoms with E-state index in [0.717, 1.165) is 20.3 Å². The molecule has 0 saturated heterocycles. The highest BCUT2D eigenvalue weighted by atomic mass is 32.3. The first-order valence-corrected chi connectivity index (χ1v) is 7.73. The average molecular weight is 336 g/mol. The van der Waals surface area contributed by atoms with Gasteiger partial charge >= 0.3 is 10.4 Å². The summed E-state index contributed by atoms with van der Waals surface area (Å²) in [5, 5.41) is 16.5. The minimum absolute atomic E-state index is 0.0417. The van der Waals surface area contributed by atoms with Crippen LogP contribution in [0.15, 0.2) is 0 Å². The number of ether oxygens (including phenoxy) is 3. The third-order valence-electron chi connectivity index (χ3n) is 1.46. The van der Waals surface area contributed by atoms with Gasteiger partial charge in [0.05, 0.1) is 46.8 Å². The maximum absolute atomic E-state index is 9.33. The maximum Gasteiger partial charge on any atom is 0.397 e. The molecule has 9 nitrogen and oxygen atoms in total.